The number of nitrogens with zero attached hydrogens (tertiary/aromatic N) is 1. The molecule has 1 aromatic heterocycles. The molecule has 0 aliphatic carbocycles. The summed E-state index contributed by atoms with van der Waals surface area (Å²) in [5.74, 6) is 0.567. The molecular weight excluding hydrogens is 236 g/mol. The lowest BCUT2D eigenvalue weighted by Gasteiger charge is -2.27. The van der Waals surface area contributed by atoms with Crippen molar-refractivity contribution in [1.29, 1.82) is 0 Å². The molecule has 0 aromatic carbocycles. The molecule has 17 heavy (non-hydrogen) atoms. The second kappa shape index (κ2) is 5.60. The second-order valence-corrected chi connectivity index (χ2v) is 6.54. The molecule has 96 valence electrons. The van der Waals surface area contributed by atoms with Crippen LogP contribution in [0.25, 0.3) is 0 Å². The van der Waals surface area contributed by atoms with Gasteiger partial charge in [0.25, 0.3) is 0 Å². The van der Waals surface area contributed by atoms with Gasteiger partial charge in [-0.2, -0.15) is 0 Å². The molecule has 1 aromatic rings. The van der Waals surface area contributed by atoms with Crippen molar-refractivity contribution in [2.75, 3.05) is 6.54 Å². The van der Waals surface area contributed by atoms with Crippen molar-refractivity contribution in [2.45, 2.75) is 34.2 Å². The van der Waals surface area contributed by atoms with Crippen LogP contribution in [0, 0.1) is 21.4 Å². The molecule has 4 nitrogen and oxygen atoms in total. The van der Waals surface area contributed by atoms with E-state index in [2.05, 4.69) is 33.0 Å². The van der Waals surface area contributed by atoms with Gasteiger partial charge in [0.05, 0.1) is 4.92 Å². The van der Waals surface area contributed by atoms with Gasteiger partial charge in [0, 0.05) is 17.5 Å². The molecule has 1 atom stereocenters. The summed E-state index contributed by atoms with van der Waals surface area (Å²) in [6.07, 6.45) is 0. The van der Waals surface area contributed by atoms with Gasteiger partial charge in [-0.15, -0.1) is 0 Å². The first-order chi connectivity index (χ1) is 7.80. The average Bonchev–Trinajstić information content (AvgIpc) is 2.64. The highest BCUT2D eigenvalue weighted by atomic mass is 32.1. The van der Waals surface area contributed by atoms with E-state index in [1.165, 1.54) is 11.3 Å². The maximum atomic E-state index is 10.5. The first kappa shape index (κ1) is 14.1. The molecule has 0 radical (unpaired) electrons. The largest absolute Gasteiger partial charge is 0.324 e. The smallest absolute Gasteiger partial charge is 0.312 e. The Labute approximate surface area is 106 Å². The van der Waals surface area contributed by atoms with E-state index in [1.807, 2.05) is 6.07 Å². The topological polar surface area (TPSA) is 55.2 Å². The van der Waals surface area contributed by atoms with Gasteiger partial charge in [-0.05, 0) is 23.9 Å². The molecule has 0 bridgehead atoms. The van der Waals surface area contributed by atoms with Gasteiger partial charge >= 0.3 is 5.00 Å². The van der Waals surface area contributed by atoms with Crippen LogP contribution in [0.2, 0.25) is 0 Å². The Morgan fingerprint density at radius 1 is 1.47 bits per heavy atom. The fourth-order valence-corrected chi connectivity index (χ4v) is 2.07. The molecule has 1 rings (SSSR count). The van der Waals surface area contributed by atoms with Crippen molar-refractivity contribution in [3.63, 3.8) is 0 Å². The van der Waals surface area contributed by atoms with Crippen LogP contribution in [0.3, 0.4) is 0 Å². The molecule has 5 heteroatoms. The van der Waals surface area contributed by atoms with Crippen LogP contribution in [0.15, 0.2) is 12.1 Å². The normalized spacial score (nSPS) is 13.6. The molecule has 0 spiro atoms. The molecule has 1 unspecified atom stereocenters. The standard InChI is InChI=1S/C12H20N2O2S/c1-9(12(2,3)4)7-13-8-10-5-6-11(17-10)14(15)16/h5-6,9,13H,7-8H2,1-4H3. The molecule has 0 amide bonds. The predicted molar refractivity (Wildman–Crippen MR) is 71.3 cm³/mol. The Bertz CT molecular complexity index is 382. The van der Waals surface area contributed by atoms with Crippen molar-refractivity contribution >= 4 is 16.3 Å². The fraction of sp³-hybridized carbons (Fsp3) is 0.667. The minimum absolute atomic E-state index is 0.214. The average molecular weight is 256 g/mol. The molecule has 1 heterocycles. The lowest BCUT2D eigenvalue weighted by molar-refractivity contribution is -0.380. The summed E-state index contributed by atoms with van der Waals surface area (Å²) >= 11 is 1.24. The zero-order chi connectivity index (χ0) is 13.1. The Morgan fingerprint density at radius 2 is 2.12 bits per heavy atom. The summed E-state index contributed by atoms with van der Waals surface area (Å²) in [5.41, 5.74) is 0.286. The Balaban J connectivity index is 2.38. The van der Waals surface area contributed by atoms with E-state index in [4.69, 9.17) is 0 Å². The third-order valence-corrected chi connectivity index (χ3v) is 4.09. The van der Waals surface area contributed by atoms with Crippen LogP contribution < -0.4 is 5.32 Å². The van der Waals surface area contributed by atoms with E-state index in [-0.39, 0.29) is 15.3 Å². The number of nitrogens with one attached hydrogen (secondary N) is 1. The Morgan fingerprint density at radius 3 is 2.59 bits per heavy atom. The zero-order valence-electron chi connectivity index (χ0n) is 10.8. The van der Waals surface area contributed by atoms with Crippen LogP contribution in [-0.4, -0.2) is 11.5 Å². The van der Waals surface area contributed by atoms with E-state index in [9.17, 15) is 10.1 Å². The monoisotopic (exact) mass is 256 g/mol. The third-order valence-electron chi connectivity index (χ3n) is 3.06. The number of thiophene rings is 1. The van der Waals surface area contributed by atoms with Gasteiger partial charge in [0.15, 0.2) is 0 Å². The number of rotatable bonds is 5. The molecule has 1 N–H and O–H groups in total. The highest BCUT2D eigenvalue weighted by Gasteiger charge is 2.19. The Kier molecular flexibility index (Phi) is 4.65. The number of hydrogen-bond acceptors (Lipinski definition) is 4. The van der Waals surface area contributed by atoms with Crippen LogP contribution in [0.5, 0.6) is 0 Å². The van der Waals surface area contributed by atoms with E-state index < -0.39 is 0 Å². The highest BCUT2D eigenvalue weighted by molar-refractivity contribution is 7.15. The summed E-state index contributed by atoms with van der Waals surface area (Å²) < 4.78 is 0. The van der Waals surface area contributed by atoms with E-state index in [0.717, 1.165) is 11.4 Å². The zero-order valence-corrected chi connectivity index (χ0v) is 11.6. The van der Waals surface area contributed by atoms with Gasteiger partial charge in [-0.1, -0.05) is 39.0 Å². The van der Waals surface area contributed by atoms with Crippen LogP contribution in [0.4, 0.5) is 5.00 Å². The quantitative estimate of drug-likeness (QED) is 0.648. The first-order valence-electron chi connectivity index (χ1n) is 5.74. The second-order valence-electron chi connectivity index (χ2n) is 5.40. The van der Waals surface area contributed by atoms with Crippen molar-refractivity contribution < 1.29 is 4.92 Å². The molecular formula is C12H20N2O2S. The highest BCUT2D eigenvalue weighted by Crippen LogP contribution is 2.26. The van der Waals surface area contributed by atoms with Crippen molar-refractivity contribution in [1.82, 2.24) is 5.32 Å². The fourth-order valence-electron chi connectivity index (χ4n) is 1.28. The van der Waals surface area contributed by atoms with Crippen LogP contribution in [0.1, 0.15) is 32.6 Å². The van der Waals surface area contributed by atoms with Crippen molar-refractivity contribution in [3.05, 3.63) is 27.1 Å². The van der Waals surface area contributed by atoms with Gasteiger partial charge in [-0.3, -0.25) is 10.1 Å². The lowest BCUT2D eigenvalue weighted by atomic mass is 9.82. The predicted octanol–water partition coefficient (Wildman–Crippen LogP) is 3.43. The molecule has 0 aliphatic rings. The van der Waals surface area contributed by atoms with Crippen molar-refractivity contribution in [3.8, 4) is 0 Å². The van der Waals surface area contributed by atoms with Crippen LogP contribution >= 0.6 is 11.3 Å². The maximum Gasteiger partial charge on any atom is 0.324 e. The minimum atomic E-state index is -0.341. The molecule has 0 aliphatic heterocycles. The first-order valence-corrected chi connectivity index (χ1v) is 6.56. The van der Waals surface area contributed by atoms with Crippen LogP contribution in [-0.2, 0) is 6.54 Å². The lowest BCUT2D eigenvalue weighted by Crippen LogP contribution is -2.29. The molecule has 0 fully saturated rings. The molecule has 0 saturated heterocycles. The van der Waals surface area contributed by atoms with Gasteiger partial charge < -0.3 is 5.32 Å². The van der Waals surface area contributed by atoms with E-state index >= 15 is 0 Å². The minimum Gasteiger partial charge on any atom is -0.312 e. The van der Waals surface area contributed by atoms with E-state index in [1.54, 1.807) is 6.07 Å². The summed E-state index contributed by atoms with van der Waals surface area (Å²) in [6, 6.07) is 3.38. The molecule has 0 saturated carbocycles. The van der Waals surface area contributed by atoms with Gasteiger partial charge in [0.2, 0.25) is 0 Å². The summed E-state index contributed by atoms with van der Waals surface area (Å²) in [7, 11) is 0. The third kappa shape index (κ3) is 4.44. The maximum absolute atomic E-state index is 10.5. The summed E-state index contributed by atoms with van der Waals surface area (Å²) in [4.78, 5) is 11.2. The van der Waals surface area contributed by atoms with Gasteiger partial charge in [0.1, 0.15) is 0 Å². The number of nitro groups is 1. The van der Waals surface area contributed by atoms with E-state index in [0.29, 0.717) is 12.5 Å². The summed E-state index contributed by atoms with van der Waals surface area (Å²) in [5, 5.41) is 14.1. The summed E-state index contributed by atoms with van der Waals surface area (Å²) in [6.45, 7) is 10.5. The SMILES string of the molecule is CC(CNCc1ccc([N+](=O)[O-])s1)C(C)(C)C. The van der Waals surface area contributed by atoms with Gasteiger partial charge in [-0.25, -0.2) is 0 Å². The number of hydrogen-bond donors (Lipinski definition) is 1. The Hall–Kier alpha value is -0.940. The van der Waals surface area contributed by atoms with Crippen molar-refractivity contribution in [2.24, 2.45) is 11.3 Å².